The molecule has 1 aliphatic carbocycles. The highest BCUT2D eigenvalue weighted by Crippen LogP contribution is 2.46. The maximum absolute atomic E-state index is 6.48. The molecule has 2 heterocycles. The lowest BCUT2D eigenvalue weighted by Crippen LogP contribution is -2.44. The second kappa shape index (κ2) is 6.87. The Bertz CT molecular complexity index is 703. The Labute approximate surface area is 155 Å². The van der Waals surface area contributed by atoms with Crippen LogP contribution < -0.4 is 9.47 Å². The lowest BCUT2D eigenvalue weighted by Gasteiger charge is -2.41. The first kappa shape index (κ1) is 17.8. The second-order valence-electron chi connectivity index (χ2n) is 7.70. The van der Waals surface area contributed by atoms with Crippen molar-refractivity contribution in [2.24, 2.45) is 5.92 Å². The summed E-state index contributed by atoms with van der Waals surface area (Å²) in [5.74, 6) is 1.43. The molecule has 0 radical (unpaired) electrons. The average Bonchev–Trinajstić information content (AvgIpc) is 3.00. The largest absolute Gasteiger partial charge is 0.493 e. The molecule has 1 spiro atoms. The zero-order valence-corrected chi connectivity index (χ0v) is 16.2. The van der Waals surface area contributed by atoms with E-state index in [-0.39, 0.29) is 12.2 Å². The predicted molar refractivity (Wildman–Crippen MR) is 99.6 cm³/mol. The van der Waals surface area contributed by atoms with Crippen LogP contribution >= 0.6 is 0 Å². The van der Waals surface area contributed by atoms with E-state index in [0.717, 1.165) is 37.4 Å². The number of hydrogen-bond acceptors (Lipinski definition) is 5. The van der Waals surface area contributed by atoms with Crippen molar-refractivity contribution >= 4 is 0 Å². The predicted octanol–water partition coefficient (Wildman–Crippen LogP) is 3.16. The molecule has 1 saturated heterocycles. The summed E-state index contributed by atoms with van der Waals surface area (Å²) in [5, 5.41) is 0. The van der Waals surface area contributed by atoms with Crippen LogP contribution in [0.3, 0.4) is 0 Å². The van der Waals surface area contributed by atoms with E-state index in [1.54, 1.807) is 7.11 Å². The van der Waals surface area contributed by atoms with Gasteiger partial charge in [-0.3, -0.25) is 0 Å². The fourth-order valence-electron chi connectivity index (χ4n) is 4.18. The molecule has 0 aromatic heterocycles. The molecule has 5 heteroatoms. The van der Waals surface area contributed by atoms with E-state index in [1.165, 1.54) is 11.1 Å². The first-order valence-corrected chi connectivity index (χ1v) is 9.58. The highest BCUT2D eigenvalue weighted by Gasteiger charge is 2.46. The number of ether oxygens (including phenoxy) is 4. The van der Waals surface area contributed by atoms with Crippen LogP contribution in [0.15, 0.2) is 24.3 Å². The molecule has 0 N–H and O–H groups in total. The molecule has 4 atom stereocenters. The van der Waals surface area contributed by atoms with Crippen molar-refractivity contribution in [2.45, 2.75) is 51.2 Å². The third-order valence-corrected chi connectivity index (χ3v) is 5.75. The fourth-order valence-corrected chi connectivity index (χ4v) is 4.18. The van der Waals surface area contributed by atoms with Gasteiger partial charge in [-0.25, -0.2) is 0 Å². The van der Waals surface area contributed by atoms with Crippen molar-refractivity contribution in [2.75, 3.05) is 27.3 Å². The molecule has 1 aromatic carbocycles. The highest BCUT2D eigenvalue weighted by molar-refractivity contribution is 5.53. The van der Waals surface area contributed by atoms with Gasteiger partial charge in [0.2, 0.25) is 0 Å². The van der Waals surface area contributed by atoms with E-state index >= 15 is 0 Å². The number of fused-ring (bicyclic) bond motifs is 2. The Kier molecular flexibility index (Phi) is 4.71. The molecule has 5 nitrogen and oxygen atoms in total. The Hall–Kier alpha value is -1.56. The Balaban J connectivity index is 1.64. The first-order chi connectivity index (χ1) is 12.5. The zero-order valence-electron chi connectivity index (χ0n) is 16.2. The topological polar surface area (TPSA) is 40.2 Å². The average molecular weight is 359 g/mol. The van der Waals surface area contributed by atoms with Crippen LogP contribution in [-0.4, -0.2) is 50.2 Å². The van der Waals surface area contributed by atoms with Gasteiger partial charge in [0, 0.05) is 24.4 Å². The quantitative estimate of drug-likeness (QED) is 0.773. The minimum atomic E-state index is -0.620. The summed E-state index contributed by atoms with van der Waals surface area (Å²) in [6.45, 7) is 6.79. The van der Waals surface area contributed by atoms with Gasteiger partial charge in [0.05, 0.1) is 19.8 Å². The van der Waals surface area contributed by atoms with E-state index in [0.29, 0.717) is 12.5 Å². The van der Waals surface area contributed by atoms with Gasteiger partial charge >= 0.3 is 0 Å². The molecule has 0 saturated carbocycles. The summed E-state index contributed by atoms with van der Waals surface area (Å²) in [6, 6.07) is 4.20. The third kappa shape index (κ3) is 3.13. The van der Waals surface area contributed by atoms with Crippen LogP contribution in [0.5, 0.6) is 11.5 Å². The zero-order chi connectivity index (χ0) is 18.3. The number of benzene rings is 1. The number of rotatable bonds is 4. The first-order valence-electron chi connectivity index (χ1n) is 9.58. The van der Waals surface area contributed by atoms with Gasteiger partial charge in [0.1, 0.15) is 6.10 Å². The van der Waals surface area contributed by atoms with Crippen molar-refractivity contribution in [1.82, 2.24) is 4.90 Å². The number of hydrogen-bond donors (Lipinski definition) is 0. The smallest absolute Gasteiger partial charge is 0.191 e. The van der Waals surface area contributed by atoms with Gasteiger partial charge < -0.3 is 23.8 Å². The van der Waals surface area contributed by atoms with Gasteiger partial charge in [-0.1, -0.05) is 19.1 Å². The Morgan fingerprint density at radius 2 is 2.19 bits per heavy atom. The van der Waals surface area contributed by atoms with Gasteiger partial charge in [-0.05, 0) is 44.6 Å². The summed E-state index contributed by atoms with van der Waals surface area (Å²) in [7, 11) is 3.85. The van der Waals surface area contributed by atoms with Crippen molar-refractivity contribution in [3.8, 4) is 11.5 Å². The van der Waals surface area contributed by atoms with Crippen molar-refractivity contribution < 1.29 is 18.9 Å². The SMILES string of the molecule is CCN(C)Cc1ccc(OC)c2c1CC1C=CC3(CC1O2)OCC(C)O3. The van der Waals surface area contributed by atoms with E-state index in [2.05, 4.69) is 37.1 Å². The van der Waals surface area contributed by atoms with E-state index in [1.807, 2.05) is 13.0 Å². The van der Waals surface area contributed by atoms with E-state index in [4.69, 9.17) is 18.9 Å². The fraction of sp³-hybridized carbons (Fsp3) is 0.619. The minimum Gasteiger partial charge on any atom is -0.493 e. The summed E-state index contributed by atoms with van der Waals surface area (Å²) >= 11 is 0. The monoisotopic (exact) mass is 359 g/mol. The Morgan fingerprint density at radius 1 is 1.35 bits per heavy atom. The highest BCUT2D eigenvalue weighted by atomic mass is 16.7. The second-order valence-corrected chi connectivity index (χ2v) is 7.70. The molecule has 0 amide bonds. The molecule has 0 bridgehead atoms. The van der Waals surface area contributed by atoms with Gasteiger partial charge in [0.25, 0.3) is 0 Å². The maximum atomic E-state index is 6.48. The van der Waals surface area contributed by atoms with Crippen molar-refractivity contribution in [3.05, 3.63) is 35.4 Å². The third-order valence-electron chi connectivity index (χ3n) is 5.75. The molecule has 142 valence electrons. The molecule has 2 aliphatic heterocycles. The maximum Gasteiger partial charge on any atom is 0.191 e. The van der Waals surface area contributed by atoms with Crippen LogP contribution in [0.2, 0.25) is 0 Å². The van der Waals surface area contributed by atoms with Crippen LogP contribution in [0, 0.1) is 5.92 Å². The number of methoxy groups -OCH3 is 1. The summed E-state index contributed by atoms with van der Waals surface area (Å²) in [6.07, 6.45) is 6.18. The van der Waals surface area contributed by atoms with Crippen molar-refractivity contribution in [3.63, 3.8) is 0 Å². The van der Waals surface area contributed by atoms with Crippen molar-refractivity contribution in [1.29, 1.82) is 0 Å². The summed E-state index contributed by atoms with van der Waals surface area (Å²) in [4.78, 5) is 2.31. The van der Waals surface area contributed by atoms with Crippen LogP contribution in [-0.2, 0) is 22.4 Å². The molecule has 4 unspecified atom stereocenters. The molecule has 4 rings (SSSR count). The lowest BCUT2D eigenvalue weighted by molar-refractivity contribution is -0.155. The van der Waals surface area contributed by atoms with Gasteiger partial charge in [-0.15, -0.1) is 0 Å². The summed E-state index contributed by atoms with van der Waals surface area (Å²) < 4.78 is 24.1. The minimum absolute atomic E-state index is 0.0471. The van der Waals surface area contributed by atoms with E-state index in [9.17, 15) is 0 Å². The Morgan fingerprint density at radius 3 is 2.88 bits per heavy atom. The molecule has 1 fully saturated rings. The number of nitrogens with zero attached hydrogens (tertiary/aromatic N) is 1. The van der Waals surface area contributed by atoms with Crippen LogP contribution in [0.1, 0.15) is 31.4 Å². The molecule has 1 aromatic rings. The summed E-state index contributed by atoms with van der Waals surface area (Å²) in [5.41, 5.74) is 2.59. The van der Waals surface area contributed by atoms with Crippen LogP contribution in [0.4, 0.5) is 0 Å². The van der Waals surface area contributed by atoms with E-state index < -0.39 is 5.79 Å². The lowest BCUT2D eigenvalue weighted by atomic mass is 9.81. The molecule has 3 aliphatic rings. The molecular weight excluding hydrogens is 330 g/mol. The standard InChI is InChI=1S/C21H29NO4/c1-5-22(3)12-16-6-7-18(23-4)20-17(16)10-15-8-9-21(11-19(15)25-20)24-13-14(2)26-21/h6-9,14-15,19H,5,10-13H2,1-4H3. The van der Waals surface area contributed by atoms with Gasteiger partial charge in [-0.2, -0.15) is 0 Å². The molecular formula is C21H29NO4. The molecule has 26 heavy (non-hydrogen) atoms. The van der Waals surface area contributed by atoms with Gasteiger partial charge in [0.15, 0.2) is 17.3 Å². The normalized spacial score (nSPS) is 32.4. The van der Waals surface area contributed by atoms with Crippen LogP contribution in [0.25, 0.3) is 0 Å².